The average molecular weight is 285 g/mol. The summed E-state index contributed by atoms with van der Waals surface area (Å²) in [6, 6.07) is 7.53. The molecule has 1 aliphatic rings. The number of halogens is 1. The van der Waals surface area contributed by atoms with E-state index in [-0.39, 0.29) is 5.91 Å². The van der Waals surface area contributed by atoms with E-state index in [1.165, 1.54) is 18.9 Å². The minimum absolute atomic E-state index is 0.104. The maximum Gasteiger partial charge on any atom is 0.282 e. The Bertz CT molecular complexity index is 479. The lowest BCUT2D eigenvalue weighted by Gasteiger charge is -2.27. The number of carbonyl (C=O) groups is 1. The van der Waals surface area contributed by atoms with Crippen molar-refractivity contribution in [2.75, 3.05) is 19.4 Å². The lowest BCUT2D eigenvalue weighted by Crippen LogP contribution is -2.40. The van der Waals surface area contributed by atoms with Crippen molar-refractivity contribution in [3.8, 4) is 0 Å². The Morgan fingerprint density at radius 3 is 3.00 bits per heavy atom. The van der Waals surface area contributed by atoms with E-state index in [2.05, 4.69) is 9.99 Å². The van der Waals surface area contributed by atoms with Crippen LogP contribution in [0.3, 0.4) is 0 Å². The Morgan fingerprint density at radius 2 is 2.28 bits per heavy atom. The van der Waals surface area contributed by atoms with Gasteiger partial charge >= 0.3 is 0 Å². The van der Waals surface area contributed by atoms with E-state index in [0.717, 1.165) is 11.3 Å². The maximum atomic E-state index is 12.1. The molecular weight excluding hydrogens is 272 g/mol. The predicted molar refractivity (Wildman–Crippen MR) is 73.8 cm³/mol. The molecule has 1 aromatic rings. The summed E-state index contributed by atoms with van der Waals surface area (Å²) in [6.07, 6.45) is 0. The third-order valence-corrected chi connectivity index (χ3v) is 3.84. The van der Waals surface area contributed by atoms with Crippen molar-refractivity contribution in [2.45, 2.75) is 6.54 Å². The van der Waals surface area contributed by atoms with Gasteiger partial charge in [-0.05, 0) is 11.6 Å². The van der Waals surface area contributed by atoms with Crippen LogP contribution in [-0.2, 0) is 16.2 Å². The monoisotopic (exact) mass is 284 g/mol. The zero-order chi connectivity index (χ0) is 13.0. The maximum absolute atomic E-state index is 12.1. The van der Waals surface area contributed by atoms with E-state index in [9.17, 15) is 4.79 Å². The molecule has 18 heavy (non-hydrogen) atoms. The van der Waals surface area contributed by atoms with Gasteiger partial charge in [0, 0.05) is 23.9 Å². The van der Waals surface area contributed by atoms with Gasteiger partial charge in [-0.1, -0.05) is 46.7 Å². The van der Waals surface area contributed by atoms with E-state index >= 15 is 0 Å². The number of hydrogen-bond donors (Lipinski definition) is 0. The molecule has 0 N–H and O–H groups in total. The Kier molecular flexibility index (Phi) is 4.49. The van der Waals surface area contributed by atoms with Crippen LogP contribution in [0, 0.1) is 0 Å². The molecule has 0 atom stereocenters. The van der Waals surface area contributed by atoms with E-state index in [4.69, 9.17) is 11.6 Å². The number of carbonyl (C=O) groups excluding carboxylic acids is 1. The first-order valence-electron chi connectivity index (χ1n) is 5.49. The van der Waals surface area contributed by atoms with Gasteiger partial charge in [0.25, 0.3) is 5.91 Å². The highest BCUT2D eigenvalue weighted by atomic mass is 35.5. The van der Waals surface area contributed by atoms with Gasteiger partial charge in [-0.15, -0.1) is 0 Å². The molecule has 4 nitrogen and oxygen atoms in total. The summed E-state index contributed by atoms with van der Waals surface area (Å²) in [6.45, 7) is 1.19. The smallest absolute Gasteiger partial charge is 0.282 e. The van der Waals surface area contributed by atoms with Crippen molar-refractivity contribution < 1.29 is 9.63 Å². The number of oxime groups is 1. The number of nitrogens with zero attached hydrogens (tertiary/aromatic N) is 2. The lowest BCUT2D eigenvalue weighted by atomic mass is 10.2. The summed E-state index contributed by atoms with van der Waals surface area (Å²) in [7, 11) is 1.44. The Hall–Kier alpha value is -1.20. The summed E-state index contributed by atoms with van der Waals surface area (Å²) < 4.78 is 0. The molecule has 2 rings (SSSR count). The van der Waals surface area contributed by atoms with E-state index in [0.29, 0.717) is 23.2 Å². The molecule has 6 heteroatoms. The van der Waals surface area contributed by atoms with Crippen molar-refractivity contribution in [3.63, 3.8) is 0 Å². The summed E-state index contributed by atoms with van der Waals surface area (Å²) >= 11 is 7.51. The van der Waals surface area contributed by atoms with E-state index in [1.807, 2.05) is 24.3 Å². The molecule has 1 aromatic carbocycles. The van der Waals surface area contributed by atoms with Crippen molar-refractivity contribution in [3.05, 3.63) is 34.9 Å². The second kappa shape index (κ2) is 6.11. The first-order chi connectivity index (χ1) is 8.72. The minimum atomic E-state index is -0.104. The summed E-state index contributed by atoms with van der Waals surface area (Å²) in [5, 5.41) is 4.81. The first-order valence-corrected chi connectivity index (χ1v) is 6.85. The molecule has 1 fully saturated rings. The zero-order valence-corrected chi connectivity index (χ0v) is 11.5. The van der Waals surface area contributed by atoms with E-state index < -0.39 is 0 Å². The molecule has 1 aliphatic heterocycles. The van der Waals surface area contributed by atoms with Gasteiger partial charge < -0.3 is 9.74 Å². The molecule has 0 saturated carbocycles. The van der Waals surface area contributed by atoms with Gasteiger partial charge in [-0.2, -0.15) is 0 Å². The van der Waals surface area contributed by atoms with Gasteiger partial charge in [0.15, 0.2) is 0 Å². The quantitative estimate of drug-likeness (QED) is 0.800. The molecule has 0 unspecified atom stereocenters. The molecule has 1 heterocycles. The van der Waals surface area contributed by atoms with Crippen molar-refractivity contribution in [1.82, 2.24) is 4.90 Å². The summed E-state index contributed by atoms with van der Waals surface area (Å²) in [5.74, 6) is 0.714. The lowest BCUT2D eigenvalue weighted by molar-refractivity contribution is -0.124. The zero-order valence-electron chi connectivity index (χ0n) is 9.93. The Balaban J connectivity index is 2.12. The van der Waals surface area contributed by atoms with Crippen LogP contribution in [0.2, 0.25) is 5.02 Å². The highest BCUT2D eigenvalue weighted by molar-refractivity contribution is 8.15. The Labute approximate surface area is 115 Å². The van der Waals surface area contributed by atoms with Crippen LogP contribution in [0.4, 0.5) is 0 Å². The molecule has 0 radical (unpaired) electrons. The van der Waals surface area contributed by atoms with Gasteiger partial charge in [0.1, 0.15) is 7.11 Å². The van der Waals surface area contributed by atoms with Crippen LogP contribution in [0.1, 0.15) is 5.56 Å². The molecule has 1 saturated heterocycles. The van der Waals surface area contributed by atoms with Gasteiger partial charge in [0.05, 0.1) is 0 Å². The van der Waals surface area contributed by atoms with Crippen LogP contribution < -0.4 is 0 Å². The molecule has 96 valence electrons. The van der Waals surface area contributed by atoms with Crippen LogP contribution in [-0.4, -0.2) is 35.3 Å². The molecule has 0 spiro atoms. The fraction of sp³-hybridized carbons (Fsp3) is 0.333. The fourth-order valence-corrected chi connectivity index (χ4v) is 2.76. The number of hydrogen-bond acceptors (Lipinski definition) is 4. The van der Waals surface area contributed by atoms with Crippen LogP contribution >= 0.6 is 23.4 Å². The van der Waals surface area contributed by atoms with Gasteiger partial charge in [0.2, 0.25) is 5.04 Å². The SMILES string of the molecule is CON=C1SCCN(Cc2ccccc2Cl)C1=O. The number of thioether (sulfide) groups is 1. The highest BCUT2D eigenvalue weighted by Gasteiger charge is 2.26. The first kappa shape index (κ1) is 13.2. The third kappa shape index (κ3) is 2.97. The van der Waals surface area contributed by atoms with Crippen LogP contribution in [0.25, 0.3) is 0 Å². The van der Waals surface area contributed by atoms with Crippen molar-refractivity contribution >= 4 is 34.3 Å². The fourth-order valence-electron chi connectivity index (χ4n) is 1.68. The topological polar surface area (TPSA) is 41.9 Å². The molecule has 0 aliphatic carbocycles. The summed E-state index contributed by atoms with van der Waals surface area (Å²) in [5.41, 5.74) is 0.941. The second-order valence-electron chi connectivity index (χ2n) is 3.75. The predicted octanol–water partition coefficient (Wildman–Crippen LogP) is 2.38. The van der Waals surface area contributed by atoms with E-state index in [1.54, 1.807) is 4.90 Å². The largest absolute Gasteiger partial charge is 0.398 e. The minimum Gasteiger partial charge on any atom is -0.398 e. The second-order valence-corrected chi connectivity index (χ2v) is 5.24. The third-order valence-electron chi connectivity index (χ3n) is 2.56. The van der Waals surface area contributed by atoms with Crippen LogP contribution in [0.15, 0.2) is 29.4 Å². The normalized spacial score (nSPS) is 18.2. The molecule has 1 amide bonds. The summed E-state index contributed by atoms with van der Waals surface area (Å²) in [4.78, 5) is 18.5. The average Bonchev–Trinajstić information content (AvgIpc) is 2.37. The molecule has 0 aromatic heterocycles. The van der Waals surface area contributed by atoms with Crippen molar-refractivity contribution in [2.24, 2.45) is 5.16 Å². The molecule has 0 bridgehead atoms. The standard InChI is InChI=1S/C12H13ClN2O2S/c1-17-14-11-12(16)15(6-7-18-11)8-9-4-2-3-5-10(9)13/h2-5H,6-8H2,1H3. The van der Waals surface area contributed by atoms with Crippen molar-refractivity contribution in [1.29, 1.82) is 0 Å². The number of amides is 1. The Morgan fingerprint density at radius 1 is 1.50 bits per heavy atom. The molecular formula is C12H13ClN2O2S. The van der Waals surface area contributed by atoms with Crippen LogP contribution in [0.5, 0.6) is 0 Å². The number of rotatable bonds is 3. The van der Waals surface area contributed by atoms with Gasteiger partial charge in [-0.3, -0.25) is 4.79 Å². The number of benzene rings is 1. The highest BCUT2D eigenvalue weighted by Crippen LogP contribution is 2.21. The van der Waals surface area contributed by atoms with Gasteiger partial charge in [-0.25, -0.2) is 0 Å².